The number of carbonyl (C=O) groups is 1. The van der Waals surface area contributed by atoms with Gasteiger partial charge in [-0.2, -0.15) is 0 Å². The lowest BCUT2D eigenvalue weighted by Crippen LogP contribution is -2.26. The Morgan fingerprint density at radius 2 is 1.75 bits per heavy atom. The molecule has 2 rings (SSSR count). The summed E-state index contributed by atoms with van der Waals surface area (Å²) >= 11 is 0. The molecule has 0 heterocycles. The summed E-state index contributed by atoms with van der Waals surface area (Å²) in [6, 6.07) is 11.4. The number of aryl methyl sites for hydroxylation is 1. The molecule has 0 aliphatic carbocycles. The molecule has 0 saturated carbocycles. The van der Waals surface area contributed by atoms with Gasteiger partial charge in [0.15, 0.2) is 0 Å². The van der Waals surface area contributed by atoms with Crippen LogP contribution in [0.3, 0.4) is 0 Å². The van der Waals surface area contributed by atoms with Crippen molar-refractivity contribution in [1.82, 2.24) is 0 Å². The first-order valence-corrected chi connectivity index (χ1v) is 10.1. The normalized spacial score (nSPS) is 11.9. The van der Waals surface area contributed by atoms with E-state index in [0.29, 0.717) is 29.3 Å². The van der Waals surface area contributed by atoms with E-state index < -0.39 is 10.0 Å². The van der Waals surface area contributed by atoms with Gasteiger partial charge in [-0.25, -0.2) is 8.42 Å². The van der Waals surface area contributed by atoms with E-state index in [0.717, 1.165) is 0 Å². The molecule has 1 atom stereocenters. The van der Waals surface area contributed by atoms with E-state index in [2.05, 4.69) is 10.0 Å². The van der Waals surface area contributed by atoms with Crippen LogP contribution in [0.25, 0.3) is 0 Å². The molecule has 7 nitrogen and oxygen atoms in total. The minimum absolute atomic E-state index is 0. The van der Waals surface area contributed by atoms with Crippen molar-refractivity contribution < 1.29 is 17.9 Å². The number of carbonyl (C=O) groups excluding carboxylic acids is 1. The molecule has 0 aliphatic heterocycles. The van der Waals surface area contributed by atoms with Gasteiger partial charge in [-0.3, -0.25) is 9.52 Å². The number of nitrogens with two attached hydrogens (primary N) is 1. The van der Waals surface area contributed by atoms with Gasteiger partial charge >= 0.3 is 0 Å². The summed E-state index contributed by atoms with van der Waals surface area (Å²) in [4.78, 5) is 12.1. The number of hydrogen-bond acceptors (Lipinski definition) is 5. The number of halogens is 1. The van der Waals surface area contributed by atoms with Gasteiger partial charge < -0.3 is 15.8 Å². The lowest BCUT2D eigenvalue weighted by molar-refractivity contribution is -0.119. The van der Waals surface area contributed by atoms with Gasteiger partial charge in [-0.15, -0.1) is 12.4 Å². The molecule has 28 heavy (non-hydrogen) atoms. The summed E-state index contributed by atoms with van der Waals surface area (Å²) < 4.78 is 33.5. The number of anilines is 2. The van der Waals surface area contributed by atoms with Gasteiger partial charge in [0.25, 0.3) is 10.0 Å². The fraction of sp³-hybridized carbons (Fsp3) is 0.316. The Bertz CT molecular complexity index is 902. The van der Waals surface area contributed by atoms with Gasteiger partial charge in [-0.05, 0) is 55.8 Å². The fourth-order valence-corrected chi connectivity index (χ4v) is 3.67. The molecule has 154 valence electrons. The highest BCUT2D eigenvalue weighted by atomic mass is 35.5. The molecule has 4 N–H and O–H groups in total. The van der Waals surface area contributed by atoms with E-state index in [9.17, 15) is 13.2 Å². The predicted molar refractivity (Wildman–Crippen MR) is 114 cm³/mol. The molecule has 0 saturated heterocycles. The van der Waals surface area contributed by atoms with Gasteiger partial charge in [0.05, 0.1) is 11.5 Å². The Kier molecular flexibility index (Phi) is 8.74. The van der Waals surface area contributed by atoms with Crippen molar-refractivity contribution in [2.45, 2.75) is 25.7 Å². The van der Waals surface area contributed by atoms with E-state index in [1.807, 2.05) is 6.92 Å². The average Bonchev–Trinajstić information content (AvgIpc) is 2.64. The predicted octanol–water partition coefficient (Wildman–Crippen LogP) is 3.15. The molecule has 0 aliphatic rings. The lowest BCUT2D eigenvalue weighted by atomic mass is 10.1. The Morgan fingerprint density at radius 3 is 2.32 bits per heavy atom. The van der Waals surface area contributed by atoms with Gasteiger partial charge in [0, 0.05) is 23.8 Å². The summed E-state index contributed by atoms with van der Waals surface area (Å²) in [7, 11) is -3.82. The minimum Gasteiger partial charge on any atom is -0.494 e. The van der Waals surface area contributed by atoms with Crippen LogP contribution < -0.4 is 20.5 Å². The smallest absolute Gasteiger partial charge is 0.262 e. The highest BCUT2D eigenvalue weighted by Crippen LogP contribution is 2.24. The second kappa shape index (κ2) is 10.3. The van der Waals surface area contributed by atoms with Crippen molar-refractivity contribution in [2.75, 3.05) is 23.2 Å². The monoisotopic (exact) mass is 427 g/mol. The zero-order valence-corrected chi connectivity index (χ0v) is 17.7. The average molecular weight is 428 g/mol. The molecule has 1 amide bonds. The Morgan fingerprint density at radius 1 is 1.14 bits per heavy atom. The van der Waals surface area contributed by atoms with Gasteiger partial charge in [-0.1, -0.05) is 13.0 Å². The molecule has 9 heteroatoms. The summed E-state index contributed by atoms with van der Waals surface area (Å²) in [5, 5.41) is 2.69. The number of rotatable bonds is 8. The minimum atomic E-state index is -3.82. The van der Waals surface area contributed by atoms with Crippen molar-refractivity contribution in [1.29, 1.82) is 0 Å². The van der Waals surface area contributed by atoms with Crippen molar-refractivity contribution in [3.05, 3.63) is 48.0 Å². The van der Waals surface area contributed by atoms with Crippen LogP contribution in [0.1, 0.15) is 19.4 Å². The maximum absolute atomic E-state index is 12.8. The van der Waals surface area contributed by atoms with Crippen LogP contribution in [0.15, 0.2) is 47.4 Å². The molecule has 1 unspecified atom stereocenters. The zero-order chi connectivity index (χ0) is 20.0. The Balaban J connectivity index is 0.00000392. The van der Waals surface area contributed by atoms with Crippen LogP contribution in [-0.2, 0) is 14.8 Å². The highest BCUT2D eigenvalue weighted by molar-refractivity contribution is 7.92. The number of amides is 1. The number of benzene rings is 2. The number of nitrogens with one attached hydrogen (secondary N) is 2. The number of hydrogen-bond donors (Lipinski definition) is 3. The SMILES string of the molecule is CCOc1ccc(NS(=O)(=O)c2cc(NC(=O)C(C)CN)ccc2C)cc1.Cl. The molecule has 0 radical (unpaired) electrons. The van der Waals surface area contributed by atoms with Gasteiger partial charge in [0.1, 0.15) is 5.75 Å². The summed E-state index contributed by atoms with van der Waals surface area (Å²) in [6.45, 7) is 6.02. The maximum Gasteiger partial charge on any atom is 0.262 e. The second-order valence-corrected chi connectivity index (χ2v) is 7.82. The quantitative estimate of drug-likeness (QED) is 0.599. The second-order valence-electron chi connectivity index (χ2n) is 6.17. The molecule has 0 bridgehead atoms. The summed E-state index contributed by atoms with van der Waals surface area (Å²) in [5.41, 5.74) is 6.88. The van der Waals surface area contributed by atoms with E-state index in [1.165, 1.54) is 6.07 Å². The molecular formula is C19H26ClN3O4S. The van der Waals surface area contributed by atoms with Crippen molar-refractivity contribution in [2.24, 2.45) is 11.7 Å². The molecular weight excluding hydrogens is 402 g/mol. The first kappa shape index (κ1) is 23.7. The summed E-state index contributed by atoms with van der Waals surface area (Å²) in [6.07, 6.45) is 0. The Hall–Kier alpha value is -2.29. The third kappa shape index (κ3) is 6.12. The fourth-order valence-electron chi connectivity index (χ4n) is 2.34. The van der Waals surface area contributed by atoms with Crippen molar-refractivity contribution in [3.63, 3.8) is 0 Å². The van der Waals surface area contributed by atoms with Crippen molar-refractivity contribution in [3.8, 4) is 5.75 Å². The van der Waals surface area contributed by atoms with Crippen LogP contribution in [0.5, 0.6) is 5.75 Å². The maximum atomic E-state index is 12.8. The highest BCUT2D eigenvalue weighted by Gasteiger charge is 2.19. The third-order valence-corrected chi connectivity index (χ3v) is 5.49. The standard InChI is InChI=1S/C19H25N3O4S.ClH/c1-4-26-17-9-7-15(8-10-17)22-27(24,25)18-11-16(6-5-13(18)2)21-19(23)14(3)12-20;/h5-11,14,22H,4,12,20H2,1-3H3,(H,21,23);1H. The number of sulfonamides is 1. The molecule has 0 spiro atoms. The molecule has 2 aromatic carbocycles. The third-order valence-electron chi connectivity index (χ3n) is 3.96. The molecule has 0 aromatic heterocycles. The first-order chi connectivity index (χ1) is 12.8. The zero-order valence-electron chi connectivity index (χ0n) is 16.1. The first-order valence-electron chi connectivity index (χ1n) is 8.64. The lowest BCUT2D eigenvalue weighted by Gasteiger charge is -2.14. The van der Waals surface area contributed by atoms with Crippen LogP contribution in [0.4, 0.5) is 11.4 Å². The Labute approximate surface area is 172 Å². The van der Waals surface area contributed by atoms with E-state index >= 15 is 0 Å². The molecule has 0 fully saturated rings. The number of ether oxygens (including phenoxy) is 1. The van der Waals surface area contributed by atoms with Crippen LogP contribution in [-0.4, -0.2) is 27.5 Å². The van der Waals surface area contributed by atoms with E-state index in [1.54, 1.807) is 50.2 Å². The van der Waals surface area contributed by atoms with E-state index in [4.69, 9.17) is 10.5 Å². The summed E-state index contributed by atoms with van der Waals surface area (Å²) in [5.74, 6) is 0.0351. The van der Waals surface area contributed by atoms with Gasteiger partial charge in [0.2, 0.25) is 5.91 Å². The van der Waals surface area contributed by atoms with E-state index in [-0.39, 0.29) is 35.7 Å². The topological polar surface area (TPSA) is 111 Å². The van der Waals surface area contributed by atoms with Crippen LogP contribution in [0.2, 0.25) is 0 Å². The van der Waals surface area contributed by atoms with Crippen LogP contribution in [0, 0.1) is 12.8 Å². The van der Waals surface area contributed by atoms with Crippen molar-refractivity contribution >= 4 is 39.7 Å². The largest absolute Gasteiger partial charge is 0.494 e. The van der Waals surface area contributed by atoms with Crippen LogP contribution >= 0.6 is 12.4 Å². The molecule has 2 aromatic rings.